The lowest BCUT2D eigenvalue weighted by molar-refractivity contribution is -0.148. The molecule has 3 heterocycles. The third kappa shape index (κ3) is 5.31. The Morgan fingerprint density at radius 2 is 1.64 bits per heavy atom. The van der Waals surface area contributed by atoms with Gasteiger partial charge in [-0.05, 0) is 49.9 Å². The van der Waals surface area contributed by atoms with Crippen molar-refractivity contribution in [3.63, 3.8) is 0 Å². The number of alkyl halides is 3. The Labute approximate surface area is 190 Å². The van der Waals surface area contributed by atoms with Crippen molar-refractivity contribution in [3.8, 4) is 0 Å². The number of piperidine rings is 2. The molecular weight excluding hydrogens is 439 g/mol. The van der Waals surface area contributed by atoms with E-state index in [2.05, 4.69) is 0 Å². The van der Waals surface area contributed by atoms with Crippen LogP contribution >= 0.6 is 0 Å². The summed E-state index contributed by atoms with van der Waals surface area (Å²) in [5.41, 5.74) is -0.611. The fourth-order valence-electron chi connectivity index (χ4n) is 4.92. The minimum Gasteiger partial charge on any atom is -0.370 e. The maximum absolute atomic E-state index is 13.1. The van der Waals surface area contributed by atoms with E-state index >= 15 is 0 Å². The van der Waals surface area contributed by atoms with Crippen LogP contribution in [0.1, 0.15) is 41.6 Å². The van der Waals surface area contributed by atoms with Crippen molar-refractivity contribution in [2.45, 2.75) is 37.9 Å². The van der Waals surface area contributed by atoms with Crippen molar-refractivity contribution >= 4 is 17.7 Å². The molecule has 4 rings (SSSR count). The van der Waals surface area contributed by atoms with Gasteiger partial charge in [0.15, 0.2) is 0 Å². The van der Waals surface area contributed by atoms with E-state index in [1.165, 1.54) is 12.1 Å². The van der Waals surface area contributed by atoms with Gasteiger partial charge in [-0.15, -0.1) is 0 Å². The molecule has 1 unspecified atom stereocenters. The van der Waals surface area contributed by atoms with E-state index in [0.717, 1.165) is 25.0 Å². The monoisotopic (exact) mass is 467 g/mol. The Bertz CT molecular complexity index is 882. The van der Waals surface area contributed by atoms with Crippen molar-refractivity contribution < 1.29 is 32.3 Å². The van der Waals surface area contributed by atoms with Gasteiger partial charge in [0.2, 0.25) is 11.8 Å². The van der Waals surface area contributed by atoms with Crippen LogP contribution in [0, 0.1) is 5.92 Å². The molecule has 33 heavy (non-hydrogen) atoms. The van der Waals surface area contributed by atoms with Gasteiger partial charge in [0.1, 0.15) is 6.61 Å². The molecule has 1 aromatic rings. The highest BCUT2D eigenvalue weighted by Crippen LogP contribution is 2.30. The van der Waals surface area contributed by atoms with Crippen LogP contribution in [-0.2, 0) is 20.5 Å². The molecule has 1 aromatic carbocycles. The van der Waals surface area contributed by atoms with Crippen LogP contribution in [0.4, 0.5) is 13.2 Å². The quantitative estimate of drug-likeness (QED) is 0.685. The summed E-state index contributed by atoms with van der Waals surface area (Å²) in [4.78, 5) is 43.3. The Hall–Kier alpha value is -2.62. The van der Waals surface area contributed by atoms with Crippen molar-refractivity contribution in [3.05, 3.63) is 35.4 Å². The molecule has 0 bridgehead atoms. The zero-order valence-electron chi connectivity index (χ0n) is 18.4. The first-order valence-electron chi connectivity index (χ1n) is 11.4. The number of morpholine rings is 1. The summed E-state index contributed by atoms with van der Waals surface area (Å²) >= 11 is 0. The number of ether oxygens (including phenoxy) is 1. The van der Waals surface area contributed by atoms with Crippen molar-refractivity contribution in [1.82, 2.24) is 14.7 Å². The predicted octanol–water partition coefficient (Wildman–Crippen LogP) is 2.41. The fourth-order valence-corrected chi connectivity index (χ4v) is 4.92. The maximum atomic E-state index is 13.1. The number of nitrogens with zero attached hydrogens (tertiary/aromatic N) is 3. The smallest absolute Gasteiger partial charge is 0.370 e. The van der Waals surface area contributed by atoms with Gasteiger partial charge in [0.05, 0.1) is 18.1 Å². The van der Waals surface area contributed by atoms with E-state index in [0.29, 0.717) is 45.6 Å². The Kier molecular flexibility index (Phi) is 6.92. The van der Waals surface area contributed by atoms with Gasteiger partial charge in [-0.2, -0.15) is 13.2 Å². The fraction of sp³-hybridized carbons (Fsp3) is 0.609. The summed E-state index contributed by atoms with van der Waals surface area (Å²) in [7, 11) is 0. The van der Waals surface area contributed by atoms with Crippen molar-refractivity contribution in [2.75, 3.05) is 45.9 Å². The molecule has 3 fully saturated rings. The van der Waals surface area contributed by atoms with Crippen LogP contribution in [0.3, 0.4) is 0 Å². The molecule has 3 aliphatic rings. The number of hydrogen-bond acceptors (Lipinski definition) is 4. The van der Waals surface area contributed by atoms with Gasteiger partial charge in [-0.3, -0.25) is 14.4 Å². The third-order valence-corrected chi connectivity index (χ3v) is 6.76. The van der Waals surface area contributed by atoms with Gasteiger partial charge in [-0.25, -0.2) is 0 Å². The summed E-state index contributed by atoms with van der Waals surface area (Å²) in [6.07, 6.45) is -1.66. The normalized spacial score (nSPS) is 23.1. The largest absolute Gasteiger partial charge is 0.416 e. The zero-order chi connectivity index (χ0) is 23.6. The second-order valence-electron chi connectivity index (χ2n) is 8.86. The molecule has 0 radical (unpaired) electrons. The van der Waals surface area contributed by atoms with Crippen LogP contribution in [0.5, 0.6) is 0 Å². The Morgan fingerprint density at radius 3 is 2.27 bits per heavy atom. The number of carbonyl (C=O) groups is 3. The number of amides is 3. The summed E-state index contributed by atoms with van der Waals surface area (Å²) in [5.74, 6) is -0.674. The molecule has 0 spiro atoms. The SMILES string of the molecule is O=C(c1ccc(C(F)(F)F)cc1)N1CCCC(C(=O)N2CCC(N3CCOCC3=O)CC2)C1. The minimum absolute atomic E-state index is 0.00396. The highest BCUT2D eigenvalue weighted by atomic mass is 19.4. The van der Waals surface area contributed by atoms with Gasteiger partial charge in [-0.1, -0.05) is 0 Å². The number of likely N-dealkylation sites (tertiary alicyclic amines) is 2. The molecule has 0 saturated carbocycles. The topological polar surface area (TPSA) is 70.2 Å². The Balaban J connectivity index is 1.32. The van der Waals surface area contributed by atoms with Crippen LogP contribution in [-0.4, -0.2) is 84.4 Å². The second kappa shape index (κ2) is 9.70. The Morgan fingerprint density at radius 1 is 0.939 bits per heavy atom. The first-order chi connectivity index (χ1) is 15.7. The van der Waals surface area contributed by atoms with E-state index in [4.69, 9.17) is 4.74 Å². The summed E-state index contributed by atoms with van der Waals surface area (Å²) in [6.45, 7) is 3.11. The number of benzene rings is 1. The minimum atomic E-state index is -4.45. The third-order valence-electron chi connectivity index (χ3n) is 6.76. The molecule has 0 aromatic heterocycles. The van der Waals surface area contributed by atoms with E-state index < -0.39 is 11.7 Å². The summed E-state index contributed by atoms with van der Waals surface area (Å²) in [5, 5.41) is 0. The molecule has 1 atom stereocenters. The number of carbonyl (C=O) groups excluding carboxylic acids is 3. The van der Waals surface area contributed by atoms with Crippen LogP contribution in [0.25, 0.3) is 0 Å². The maximum Gasteiger partial charge on any atom is 0.416 e. The lowest BCUT2D eigenvalue weighted by Crippen LogP contribution is -2.54. The first kappa shape index (κ1) is 23.5. The average molecular weight is 467 g/mol. The number of hydrogen-bond donors (Lipinski definition) is 0. The molecule has 0 aliphatic carbocycles. The van der Waals surface area contributed by atoms with Crippen LogP contribution < -0.4 is 0 Å². The molecule has 180 valence electrons. The lowest BCUT2D eigenvalue weighted by Gasteiger charge is -2.41. The van der Waals surface area contributed by atoms with Gasteiger partial charge in [0.25, 0.3) is 5.91 Å². The molecule has 3 saturated heterocycles. The molecule has 3 amide bonds. The van der Waals surface area contributed by atoms with Crippen LogP contribution in [0.2, 0.25) is 0 Å². The first-order valence-corrected chi connectivity index (χ1v) is 11.4. The van der Waals surface area contributed by atoms with E-state index in [1.54, 1.807) is 4.90 Å². The lowest BCUT2D eigenvalue weighted by atomic mass is 9.94. The van der Waals surface area contributed by atoms with Crippen molar-refractivity contribution in [2.24, 2.45) is 5.92 Å². The highest BCUT2D eigenvalue weighted by Gasteiger charge is 2.36. The standard InChI is InChI=1S/C23H28F3N3O4/c24-23(25,26)18-5-3-16(4-6-18)21(31)28-9-1-2-17(14-28)22(32)27-10-7-19(8-11-27)29-12-13-33-15-20(29)30/h3-6,17,19H,1-2,7-15H2. The summed E-state index contributed by atoms with van der Waals surface area (Å²) < 4.78 is 43.5. The van der Waals surface area contributed by atoms with E-state index in [9.17, 15) is 27.6 Å². The van der Waals surface area contributed by atoms with E-state index in [-0.39, 0.29) is 48.4 Å². The highest BCUT2D eigenvalue weighted by molar-refractivity contribution is 5.94. The van der Waals surface area contributed by atoms with E-state index in [1.807, 2.05) is 9.80 Å². The average Bonchev–Trinajstić information content (AvgIpc) is 2.83. The molecule has 7 nitrogen and oxygen atoms in total. The van der Waals surface area contributed by atoms with Gasteiger partial charge in [0, 0.05) is 44.3 Å². The predicted molar refractivity (Wildman–Crippen MR) is 112 cm³/mol. The van der Waals surface area contributed by atoms with Gasteiger partial charge >= 0.3 is 6.18 Å². The number of rotatable bonds is 3. The van der Waals surface area contributed by atoms with Crippen LogP contribution in [0.15, 0.2) is 24.3 Å². The van der Waals surface area contributed by atoms with Gasteiger partial charge < -0.3 is 19.4 Å². The molecule has 3 aliphatic heterocycles. The summed E-state index contributed by atoms with van der Waals surface area (Å²) in [6, 6.07) is 4.31. The molecule has 0 N–H and O–H groups in total. The molecular formula is C23H28F3N3O4. The zero-order valence-corrected chi connectivity index (χ0v) is 18.4. The second-order valence-corrected chi connectivity index (χ2v) is 8.86. The molecule has 10 heteroatoms. The number of halogens is 3. The van der Waals surface area contributed by atoms with Crippen molar-refractivity contribution in [1.29, 1.82) is 0 Å².